The Labute approximate surface area is 123 Å². The van der Waals surface area contributed by atoms with Crippen LogP contribution in [0.15, 0.2) is 36.4 Å². The van der Waals surface area contributed by atoms with E-state index in [1.807, 2.05) is 30.3 Å². The SMILES string of the molecule is COC(=O)c1cc2ccccc2cc1OCCCCCl. The maximum absolute atomic E-state index is 11.8. The van der Waals surface area contributed by atoms with E-state index < -0.39 is 0 Å². The van der Waals surface area contributed by atoms with Gasteiger partial charge in [0.1, 0.15) is 11.3 Å². The summed E-state index contributed by atoms with van der Waals surface area (Å²) in [6.07, 6.45) is 1.75. The van der Waals surface area contributed by atoms with Gasteiger partial charge >= 0.3 is 5.97 Å². The first kappa shape index (κ1) is 14.7. The Bertz CT molecular complexity index is 595. The van der Waals surface area contributed by atoms with Crippen LogP contribution in [0, 0.1) is 0 Å². The largest absolute Gasteiger partial charge is 0.493 e. The van der Waals surface area contributed by atoms with Crippen molar-refractivity contribution < 1.29 is 14.3 Å². The summed E-state index contributed by atoms with van der Waals surface area (Å²) in [6, 6.07) is 11.5. The molecule has 106 valence electrons. The molecule has 0 saturated heterocycles. The van der Waals surface area contributed by atoms with E-state index in [0.717, 1.165) is 23.6 Å². The molecule has 2 rings (SSSR count). The Hall–Kier alpha value is -1.74. The lowest BCUT2D eigenvalue weighted by atomic mass is 10.1. The number of fused-ring (bicyclic) bond motifs is 1. The Morgan fingerprint density at radius 2 is 1.85 bits per heavy atom. The van der Waals surface area contributed by atoms with Crippen LogP contribution in [-0.4, -0.2) is 25.6 Å². The summed E-state index contributed by atoms with van der Waals surface area (Å²) in [4.78, 5) is 11.8. The summed E-state index contributed by atoms with van der Waals surface area (Å²) in [7, 11) is 1.37. The van der Waals surface area contributed by atoms with E-state index in [-0.39, 0.29) is 5.97 Å². The van der Waals surface area contributed by atoms with Crippen LogP contribution in [0.5, 0.6) is 5.75 Å². The third kappa shape index (κ3) is 3.42. The molecule has 0 aromatic heterocycles. The number of hydrogen-bond acceptors (Lipinski definition) is 3. The van der Waals surface area contributed by atoms with Crippen LogP contribution in [0.3, 0.4) is 0 Å². The minimum absolute atomic E-state index is 0.386. The zero-order chi connectivity index (χ0) is 14.4. The number of rotatable bonds is 6. The van der Waals surface area contributed by atoms with Crippen molar-refractivity contribution in [2.45, 2.75) is 12.8 Å². The topological polar surface area (TPSA) is 35.5 Å². The molecule has 0 atom stereocenters. The number of carbonyl (C=O) groups excluding carboxylic acids is 1. The number of hydrogen-bond donors (Lipinski definition) is 0. The van der Waals surface area contributed by atoms with E-state index in [1.165, 1.54) is 7.11 Å². The van der Waals surface area contributed by atoms with Crippen molar-refractivity contribution in [3.8, 4) is 5.75 Å². The smallest absolute Gasteiger partial charge is 0.341 e. The van der Waals surface area contributed by atoms with Gasteiger partial charge in [-0.05, 0) is 35.7 Å². The van der Waals surface area contributed by atoms with Gasteiger partial charge in [0.15, 0.2) is 0 Å². The highest BCUT2D eigenvalue weighted by atomic mass is 35.5. The summed E-state index contributed by atoms with van der Waals surface area (Å²) in [5, 5.41) is 2.02. The summed E-state index contributed by atoms with van der Waals surface area (Å²) in [6.45, 7) is 0.537. The molecule has 0 heterocycles. The Morgan fingerprint density at radius 1 is 1.15 bits per heavy atom. The number of carbonyl (C=O) groups is 1. The first-order chi connectivity index (χ1) is 9.76. The van der Waals surface area contributed by atoms with Crippen molar-refractivity contribution in [2.24, 2.45) is 0 Å². The van der Waals surface area contributed by atoms with Gasteiger partial charge < -0.3 is 9.47 Å². The highest BCUT2D eigenvalue weighted by Gasteiger charge is 2.14. The molecule has 0 aliphatic heterocycles. The molecule has 0 aliphatic rings. The molecule has 2 aromatic rings. The second-order valence-corrected chi connectivity index (χ2v) is 4.81. The molecule has 0 bridgehead atoms. The van der Waals surface area contributed by atoms with E-state index in [0.29, 0.717) is 23.8 Å². The number of benzene rings is 2. The minimum atomic E-state index is -0.386. The second kappa shape index (κ2) is 7.15. The summed E-state index contributed by atoms with van der Waals surface area (Å²) < 4.78 is 10.5. The summed E-state index contributed by atoms with van der Waals surface area (Å²) >= 11 is 5.64. The van der Waals surface area contributed by atoms with Crippen LogP contribution in [-0.2, 0) is 4.74 Å². The predicted molar refractivity (Wildman–Crippen MR) is 80.7 cm³/mol. The quantitative estimate of drug-likeness (QED) is 0.458. The van der Waals surface area contributed by atoms with Gasteiger partial charge in [0.25, 0.3) is 0 Å². The molecule has 0 unspecified atom stereocenters. The van der Waals surface area contributed by atoms with Crippen molar-refractivity contribution in [3.05, 3.63) is 42.0 Å². The van der Waals surface area contributed by atoms with E-state index in [9.17, 15) is 4.79 Å². The molecule has 0 radical (unpaired) electrons. The lowest BCUT2D eigenvalue weighted by Gasteiger charge is -2.11. The fourth-order valence-corrected chi connectivity index (χ4v) is 2.18. The highest BCUT2D eigenvalue weighted by Crippen LogP contribution is 2.27. The Morgan fingerprint density at radius 3 is 2.50 bits per heavy atom. The molecule has 0 spiro atoms. The van der Waals surface area contributed by atoms with Gasteiger partial charge in [-0.15, -0.1) is 11.6 Å². The van der Waals surface area contributed by atoms with E-state index in [2.05, 4.69) is 0 Å². The van der Waals surface area contributed by atoms with Gasteiger partial charge in [-0.2, -0.15) is 0 Å². The van der Waals surface area contributed by atoms with Crippen LogP contribution < -0.4 is 4.74 Å². The molecular weight excluding hydrogens is 276 g/mol. The fraction of sp³-hybridized carbons (Fsp3) is 0.312. The maximum Gasteiger partial charge on any atom is 0.341 e. The van der Waals surface area contributed by atoms with Crippen molar-refractivity contribution >= 4 is 28.3 Å². The molecular formula is C16H17ClO3. The minimum Gasteiger partial charge on any atom is -0.493 e. The monoisotopic (exact) mass is 292 g/mol. The second-order valence-electron chi connectivity index (χ2n) is 4.43. The predicted octanol–water partition coefficient (Wildman–Crippen LogP) is 4.02. The normalized spacial score (nSPS) is 10.5. The number of alkyl halides is 1. The average Bonchev–Trinajstić information content (AvgIpc) is 2.50. The number of ether oxygens (including phenoxy) is 2. The van der Waals surface area contributed by atoms with Crippen molar-refractivity contribution in [2.75, 3.05) is 19.6 Å². The zero-order valence-corrected chi connectivity index (χ0v) is 12.2. The number of halogens is 1. The molecule has 0 fully saturated rings. The molecule has 0 saturated carbocycles. The lowest BCUT2D eigenvalue weighted by molar-refractivity contribution is 0.0596. The van der Waals surface area contributed by atoms with Crippen LogP contribution in [0.1, 0.15) is 23.2 Å². The van der Waals surface area contributed by atoms with Gasteiger partial charge in [0.05, 0.1) is 13.7 Å². The van der Waals surface area contributed by atoms with E-state index in [4.69, 9.17) is 21.1 Å². The van der Waals surface area contributed by atoms with Gasteiger partial charge in [-0.25, -0.2) is 4.79 Å². The van der Waals surface area contributed by atoms with Crippen LogP contribution >= 0.6 is 11.6 Å². The fourth-order valence-electron chi connectivity index (χ4n) is 1.99. The molecule has 4 heteroatoms. The summed E-state index contributed by atoms with van der Waals surface area (Å²) in [5.74, 6) is 0.790. The molecule has 0 N–H and O–H groups in total. The van der Waals surface area contributed by atoms with Crippen molar-refractivity contribution in [3.63, 3.8) is 0 Å². The molecule has 20 heavy (non-hydrogen) atoms. The van der Waals surface area contributed by atoms with E-state index in [1.54, 1.807) is 6.07 Å². The average molecular weight is 293 g/mol. The van der Waals surface area contributed by atoms with Gasteiger partial charge in [0, 0.05) is 5.88 Å². The first-order valence-electron chi connectivity index (χ1n) is 6.56. The number of methoxy groups -OCH3 is 1. The van der Waals surface area contributed by atoms with Gasteiger partial charge in [0.2, 0.25) is 0 Å². The molecule has 2 aromatic carbocycles. The zero-order valence-electron chi connectivity index (χ0n) is 11.4. The number of esters is 1. The summed E-state index contributed by atoms with van der Waals surface area (Å²) in [5.41, 5.74) is 0.456. The standard InChI is InChI=1S/C16H17ClO3/c1-19-16(18)14-10-12-6-2-3-7-13(12)11-15(14)20-9-5-4-8-17/h2-3,6-7,10-11H,4-5,8-9H2,1H3. The molecule has 0 aliphatic carbocycles. The third-order valence-corrected chi connectivity index (χ3v) is 3.31. The Kier molecular flexibility index (Phi) is 5.24. The van der Waals surface area contributed by atoms with Crippen molar-refractivity contribution in [1.82, 2.24) is 0 Å². The van der Waals surface area contributed by atoms with Gasteiger partial charge in [-0.1, -0.05) is 24.3 Å². The molecule has 0 amide bonds. The Balaban J connectivity index is 2.30. The lowest BCUT2D eigenvalue weighted by Crippen LogP contribution is -2.07. The highest BCUT2D eigenvalue weighted by molar-refractivity contribution is 6.17. The molecule has 3 nitrogen and oxygen atoms in total. The van der Waals surface area contributed by atoms with E-state index >= 15 is 0 Å². The van der Waals surface area contributed by atoms with Crippen LogP contribution in [0.2, 0.25) is 0 Å². The number of unbranched alkanes of at least 4 members (excludes halogenated alkanes) is 1. The van der Waals surface area contributed by atoms with Crippen LogP contribution in [0.4, 0.5) is 0 Å². The van der Waals surface area contributed by atoms with Crippen molar-refractivity contribution in [1.29, 1.82) is 0 Å². The van der Waals surface area contributed by atoms with Gasteiger partial charge in [-0.3, -0.25) is 0 Å². The third-order valence-electron chi connectivity index (χ3n) is 3.04. The van der Waals surface area contributed by atoms with Crippen LogP contribution in [0.25, 0.3) is 10.8 Å². The first-order valence-corrected chi connectivity index (χ1v) is 7.09. The maximum atomic E-state index is 11.8.